The second-order valence-corrected chi connectivity index (χ2v) is 9.14. The minimum atomic E-state index is -0.693. The smallest absolute Gasteiger partial charge is 0.242 e. The molecule has 1 aliphatic heterocycles. The lowest BCUT2D eigenvalue weighted by atomic mass is 9.85. The number of hydrogen-bond acceptors (Lipinski definition) is 4. The monoisotopic (exact) mass is 473 g/mol. The largest absolute Gasteiger partial charge is 0.354 e. The van der Waals surface area contributed by atoms with Crippen LogP contribution in [0.5, 0.6) is 0 Å². The van der Waals surface area contributed by atoms with Gasteiger partial charge >= 0.3 is 0 Å². The van der Waals surface area contributed by atoms with E-state index in [1.807, 2.05) is 31.2 Å². The van der Waals surface area contributed by atoms with Gasteiger partial charge in [-0.3, -0.25) is 24.1 Å². The number of unbranched alkanes of at least 4 members (excludes halogenated alkanes) is 1. The lowest BCUT2D eigenvalue weighted by Crippen LogP contribution is -2.48. The summed E-state index contributed by atoms with van der Waals surface area (Å²) < 4.78 is 0. The first-order valence-corrected chi connectivity index (χ1v) is 12.0. The summed E-state index contributed by atoms with van der Waals surface area (Å²) in [6, 6.07) is 6.42. The molecule has 0 spiro atoms. The molecule has 0 saturated carbocycles. The van der Waals surface area contributed by atoms with Crippen LogP contribution >= 0.6 is 11.6 Å². The number of halogens is 1. The summed E-state index contributed by atoms with van der Waals surface area (Å²) in [5.74, 6) is -1.53. The van der Waals surface area contributed by atoms with E-state index in [4.69, 9.17) is 11.6 Å². The summed E-state index contributed by atoms with van der Waals surface area (Å²) in [5, 5.41) is 3.47. The van der Waals surface area contributed by atoms with Gasteiger partial charge in [0, 0.05) is 31.1 Å². The fraction of sp³-hybridized carbons (Fsp3) is 0.520. The minimum Gasteiger partial charge on any atom is -0.354 e. The molecular weight excluding hydrogens is 442 g/mol. The molecule has 1 fully saturated rings. The number of imide groups is 1. The molecule has 1 N–H and O–H groups in total. The van der Waals surface area contributed by atoms with E-state index >= 15 is 0 Å². The first-order valence-electron chi connectivity index (χ1n) is 11.6. The SMILES string of the molecule is CCCCNC(=O)[C@H](C)N(Cc1ccc(Cl)cc1)C(=O)CCN1C(=O)[C@H]2CC=CC[C@H]2C1=O. The Labute approximate surface area is 200 Å². The van der Waals surface area contributed by atoms with Crippen LogP contribution in [0, 0.1) is 11.8 Å². The van der Waals surface area contributed by atoms with Crippen molar-refractivity contribution in [3.63, 3.8) is 0 Å². The van der Waals surface area contributed by atoms with Gasteiger partial charge in [-0.1, -0.05) is 49.2 Å². The molecule has 0 radical (unpaired) electrons. The van der Waals surface area contributed by atoms with Crippen LogP contribution in [-0.4, -0.2) is 52.6 Å². The average molecular weight is 474 g/mol. The van der Waals surface area contributed by atoms with E-state index in [-0.39, 0.29) is 55.0 Å². The van der Waals surface area contributed by atoms with Crippen LogP contribution in [0.4, 0.5) is 0 Å². The lowest BCUT2D eigenvalue weighted by molar-refractivity contribution is -0.143. The van der Waals surface area contributed by atoms with Gasteiger partial charge in [0.05, 0.1) is 11.8 Å². The third-order valence-corrected chi connectivity index (χ3v) is 6.66. The molecule has 1 saturated heterocycles. The summed E-state index contributed by atoms with van der Waals surface area (Å²) in [5.41, 5.74) is 0.839. The standard InChI is InChI=1S/C25H32ClN3O4/c1-3-4-14-27-23(31)17(2)29(16-18-9-11-19(26)12-10-18)22(30)13-15-28-24(32)20-7-5-6-8-21(20)25(28)33/h5-6,9-12,17,20-21H,3-4,7-8,13-16H2,1-2H3,(H,27,31)/t17-,20-,21+/m0/s1. The van der Waals surface area contributed by atoms with Crippen LogP contribution < -0.4 is 5.32 Å². The summed E-state index contributed by atoms with van der Waals surface area (Å²) in [7, 11) is 0. The number of likely N-dealkylation sites (tertiary alicyclic amines) is 1. The zero-order valence-corrected chi connectivity index (χ0v) is 20.0. The second-order valence-electron chi connectivity index (χ2n) is 8.70. The molecule has 7 nitrogen and oxygen atoms in total. The van der Waals surface area contributed by atoms with E-state index in [1.54, 1.807) is 19.1 Å². The predicted octanol–water partition coefficient (Wildman–Crippen LogP) is 3.31. The molecule has 8 heteroatoms. The zero-order valence-electron chi connectivity index (χ0n) is 19.3. The Bertz CT molecular complexity index is 889. The summed E-state index contributed by atoms with van der Waals surface area (Å²) in [4.78, 5) is 54.1. The van der Waals surface area contributed by atoms with Gasteiger partial charge in [0.15, 0.2) is 0 Å². The normalized spacial score (nSPS) is 20.5. The van der Waals surface area contributed by atoms with E-state index < -0.39 is 6.04 Å². The van der Waals surface area contributed by atoms with Crippen molar-refractivity contribution in [2.75, 3.05) is 13.1 Å². The molecule has 178 valence electrons. The number of hydrogen-bond donors (Lipinski definition) is 1. The number of carbonyl (C=O) groups excluding carboxylic acids is 4. The Morgan fingerprint density at radius 2 is 1.73 bits per heavy atom. The highest BCUT2D eigenvalue weighted by atomic mass is 35.5. The Morgan fingerprint density at radius 3 is 2.30 bits per heavy atom. The molecule has 1 heterocycles. The molecule has 0 aromatic heterocycles. The third kappa shape index (κ3) is 6.02. The molecular formula is C25H32ClN3O4. The molecule has 3 rings (SSSR count). The van der Waals surface area contributed by atoms with Gasteiger partial charge in [-0.05, 0) is 43.9 Å². The highest BCUT2D eigenvalue weighted by Crippen LogP contribution is 2.35. The zero-order chi connectivity index (χ0) is 24.0. The van der Waals surface area contributed by atoms with Crippen molar-refractivity contribution >= 4 is 35.2 Å². The summed E-state index contributed by atoms with van der Waals surface area (Å²) in [6.07, 6.45) is 6.80. The van der Waals surface area contributed by atoms with E-state index in [2.05, 4.69) is 5.32 Å². The maximum Gasteiger partial charge on any atom is 0.242 e. The molecule has 0 unspecified atom stereocenters. The Hall–Kier alpha value is -2.67. The molecule has 4 amide bonds. The maximum absolute atomic E-state index is 13.2. The van der Waals surface area contributed by atoms with Crippen LogP contribution in [0.2, 0.25) is 5.02 Å². The van der Waals surface area contributed by atoms with Crippen LogP contribution in [0.15, 0.2) is 36.4 Å². The maximum atomic E-state index is 13.2. The quantitative estimate of drug-likeness (QED) is 0.321. The fourth-order valence-electron chi connectivity index (χ4n) is 4.35. The van der Waals surface area contributed by atoms with Gasteiger partial charge < -0.3 is 10.2 Å². The van der Waals surface area contributed by atoms with Crippen molar-refractivity contribution in [1.29, 1.82) is 0 Å². The number of rotatable bonds is 10. The predicted molar refractivity (Wildman–Crippen MR) is 126 cm³/mol. The van der Waals surface area contributed by atoms with Crippen LogP contribution in [0.1, 0.15) is 51.5 Å². The van der Waals surface area contributed by atoms with Crippen molar-refractivity contribution in [2.45, 2.75) is 58.5 Å². The number of nitrogens with zero attached hydrogens (tertiary/aromatic N) is 2. The molecule has 33 heavy (non-hydrogen) atoms. The topological polar surface area (TPSA) is 86.8 Å². The van der Waals surface area contributed by atoms with Crippen LogP contribution in [-0.2, 0) is 25.7 Å². The Balaban J connectivity index is 1.68. The molecule has 1 aromatic rings. The highest BCUT2D eigenvalue weighted by molar-refractivity contribution is 6.30. The fourth-order valence-corrected chi connectivity index (χ4v) is 4.47. The molecule has 0 bridgehead atoms. The van der Waals surface area contributed by atoms with E-state index in [0.29, 0.717) is 24.4 Å². The minimum absolute atomic E-state index is 0.0233. The number of carbonyl (C=O) groups is 4. The Kier molecular flexibility index (Phi) is 8.67. The van der Waals surface area contributed by atoms with Crippen molar-refractivity contribution in [3.05, 3.63) is 47.0 Å². The van der Waals surface area contributed by atoms with Gasteiger partial charge in [-0.25, -0.2) is 0 Å². The number of amides is 4. The van der Waals surface area contributed by atoms with E-state index in [0.717, 1.165) is 18.4 Å². The van der Waals surface area contributed by atoms with Crippen molar-refractivity contribution < 1.29 is 19.2 Å². The van der Waals surface area contributed by atoms with Gasteiger partial charge in [0.25, 0.3) is 0 Å². The van der Waals surface area contributed by atoms with Gasteiger partial charge in [0.1, 0.15) is 6.04 Å². The van der Waals surface area contributed by atoms with Gasteiger partial charge in [0.2, 0.25) is 23.6 Å². The van der Waals surface area contributed by atoms with Crippen LogP contribution in [0.3, 0.4) is 0 Å². The molecule has 1 aliphatic carbocycles. The Morgan fingerprint density at radius 1 is 1.12 bits per heavy atom. The lowest BCUT2D eigenvalue weighted by Gasteiger charge is -2.29. The summed E-state index contributed by atoms with van der Waals surface area (Å²) in [6.45, 7) is 4.55. The molecule has 2 aliphatic rings. The van der Waals surface area contributed by atoms with Gasteiger partial charge in [-0.15, -0.1) is 0 Å². The highest BCUT2D eigenvalue weighted by Gasteiger charge is 2.47. The number of allylic oxidation sites excluding steroid dienone is 2. The number of fused-ring (bicyclic) bond motifs is 1. The van der Waals surface area contributed by atoms with Crippen LogP contribution in [0.25, 0.3) is 0 Å². The van der Waals surface area contributed by atoms with E-state index in [9.17, 15) is 19.2 Å². The first-order chi connectivity index (χ1) is 15.8. The second kappa shape index (κ2) is 11.5. The third-order valence-electron chi connectivity index (χ3n) is 6.41. The van der Waals surface area contributed by atoms with Gasteiger partial charge in [-0.2, -0.15) is 0 Å². The number of benzene rings is 1. The molecule has 3 atom stereocenters. The summed E-state index contributed by atoms with van der Waals surface area (Å²) >= 11 is 5.98. The van der Waals surface area contributed by atoms with Crippen molar-refractivity contribution in [1.82, 2.24) is 15.1 Å². The molecule has 1 aromatic carbocycles. The van der Waals surface area contributed by atoms with E-state index in [1.165, 1.54) is 9.80 Å². The van der Waals surface area contributed by atoms with Crippen molar-refractivity contribution in [2.24, 2.45) is 11.8 Å². The number of nitrogens with one attached hydrogen (secondary N) is 1. The first kappa shape index (κ1) is 25.0. The average Bonchev–Trinajstić information content (AvgIpc) is 3.06. The van der Waals surface area contributed by atoms with Crippen molar-refractivity contribution in [3.8, 4) is 0 Å².